The molecule has 1 aliphatic heterocycles. The van der Waals surface area contributed by atoms with Crippen molar-refractivity contribution in [3.63, 3.8) is 0 Å². The highest BCUT2D eigenvalue weighted by Crippen LogP contribution is 2.32. The maximum atomic E-state index is 13.4. The van der Waals surface area contributed by atoms with E-state index in [1.54, 1.807) is 19.1 Å². The van der Waals surface area contributed by atoms with Gasteiger partial charge in [-0.25, -0.2) is 4.79 Å². The Morgan fingerprint density at radius 1 is 0.894 bits per heavy atom. The fraction of sp³-hybridized carbons (Fsp3) is 0.421. The number of nitrogens with zero attached hydrogens (tertiary/aromatic N) is 1. The summed E-state index contributed by atoms with van der Waals surface area (Å²) < 4.78 is 10.3. The van der Waals surface area contributed by atoms with Gasteiger partial charge < -0.3 is 19.7 Å². The third kappa shape index (κ3) is 11.0. The summed E-state index contributed by atoms with van der Waals surface area (Å²) in [6, 6.07) is 21.1. The molecule has 4 rings (SSSR count). The van der Waals surface area contributed by atoms with Crippen molar-refractivity contribution in [1.29, 1.82) is 5.41 Å². The molecule has 0 aromatic heterocycles. The first kappa shape index (κ1) is 35.2. The molecule has 0 unspecified atom stereocenters. The first-order valence-corrected chi connectivity index (χ1v) is 16.9. The molecular formula is C38H48N4O5. The average Bonchev–Trinajstić information content (AvgIpc) is 3.07. The number of nitrogens with one attached hydrogen (secondary N) is 3. The summed E-state index contributed by atoms with van der Waals surface area (Å²) in [7, 11) is 0. The molecule has 1 aliphatic rings. The van der Waals surface area contributed by atoms with Crippen LogP contribution in [0.4, 0.5) is 21.9 Å². The summed E-state index contributed by atoms with van der Waals surface area (Å²) in [6.07, 6.45) is 8.94. The van der Waals surface area contributed by atoms with Gasteiger partial charge in [0.2, 0.25) is 5.91 Å². The van der Waals surface area contributed by atoms with Gasteiger partial charge >= 0.3 is 12.1 Å². The van der Waals surface area contributed by atoms with Gasteiger partial charge in [-0.05, 0) is 73.6 Å². The number of para-hydroxylation sites is 1. The fourth-order valence-electron chi connectivity index (χ4n) is 5.74. The van der Waals surface area contributed by atoms with Crippen LogP contribution in [0.15, 0.2) is 66.7 Å². The summed E-state index contributed by atoms with van der Waals surface area (Å²) in [6.45, 7) is 5.36. The number of ether oxygens (including phenoxy) is 2. The number of aryl methyl sites for hydroxylation is 2. The van der Waals surface area contributed by atoms with E-state index in [1.807, 2.05) is 53.4 Å². The molecule has 9 nitrogen and oxygen atoms in total. The predicted octanol–water partition coefficient (Wildman–Crippen LogP) is 7.86. The topological polar surface area (TPSA) is 121 Å². The van der Waals surface area contributed by atoms with Crippen molar-refractivity contribution in [3.8, 4) is 0 Å². The van der Waals surface area contributed by atoms with Crippen molar-refractivity contribution in [2.24, 2.45) is 0 Å². The Balaban J connectivity index is 1.26. The highest BCUT2D eigenvalue weighted by Gasteiger charge is 2.23. The van der Waals surface area contributed by atoms with Crippen LogP contribution in [0, 0.1) is 5.41 Å². The number of hydrogen-bond acceptors (Lipinski definition) is 7. The second kappa shape index (κ2) is 18.5. The van der Waals surface area contributed by atoms with E-state index in [-0.39, 0.29) is 24.1 Å². The predicted molar refractivity (Wildman–Crippen MR) is 187 cm³/mol. The molecule has 0 radical (unpaired) electrons. The van der Waals surface area contributed by atoms with Crippen LogP contribution in [0.5, 0.6) is 0 Å². The second-order valence-electron chi connectivity index (χ2n) is 11.9. The minimum Gasteiger partial charge on any atom is -0.466 e. The highest BCUT2D eigenvalue weighted by molar-refractivity contribution is 6.04. The van der Waals surface area contributed by atoms with Gasteiger partial charge in [-0.2, -0.15) is 0 Å². The number of carbonyl (C=O) groups is 3. The van der Waals surface area contributed by atoms with Gasteiger partial charge in [0.25, 0.3) is 0 Å². The molecule has 0 saturated heterocycles. The van der Waals surface area contributed by atoms with Crippen molar-refractivity contribution in [2.45, 2.75) is 84.5 Å². The molecule has 0 bridgehead atoms. The Labute approximate surface area is 278 Å². The SMILES string of the molecule is CCCCCCCCOC(=O)NC(=N)c1ccc(CCC(=O)N2CCCc3cc(Nc4ccccc4CC(=O)OCC)ccc32)cc1. The lowest BCUT2D eigenvalue weighted by atomic mass is 9.99. The zero-order chi connectivity index (χ0) is 33.4. The quantitative estimate of drug-likeness (QED) is 0.0635. The maximum Gasteiger partial charge on any atom is 0.412 e. The van der Waals surface area contributed by atoms with E-state index in [9.17, 15) is 14.4 Å². The number of rotatable bonds is 16. The van der Waals surface area contributed by atoms with E-state index in [0.29, 0.717) is 38.2 Å². The minimum atomic E-state index is -0.609. The molecule has 1 heterocycles. The molecule has 250 valence electrons. The monoisotopic (exact) mass is 640 g/mol. The Bertz CT molecular complexity index is 1500. The van der Waals surface area contributed by atoms with E-state index < -0.39 is 6.09 Å². The number of unbranched alkanes of at least 4 members (excludes halogenated alkanes) is 5. The van der Waals surface area contributed by atoms with Crippen molar-refractivity contribution in [3.05, 3.63) is 89.0 Å². The second-order valence-corrected chi connectivity index (χ2v) is 11.9. The minimum absolute atomic E-state index is 0.0122. The van der Waals surface area contributed by atoms with Crippen LogP contribution >= 0.6 is 0 Å². The summed E-state index contributed by atoms with van der Waals surface area (Å²) in [5.41, 5.74) is 6.23. The third-order valence-corrected chi connectivity index (χ3v) is 8.26. The van der Waals surface area contributed by atoms with E-state index in [1.165, 1.54) is 19.3 Å². The largest absolute Gasteiger partial charge is 0.466 e. The van der Waals surface area contributed by atoms with Crippen molar-refractivity contribution >= 4 is 40.9 Å². The molecule has 0 fully saturated rings. The molecular weight excluding hydrogens is 592 g/mol. The fourth-order valence-corrected chi connectivity index (χ4v) is 5.74. The maximum absolute atomic E-state index is 13.4. The summed E-state index contributed by atoms with van der Waals surface area (Å²) in [4.78, 5) is 39.4. The third-order valence-electron chi connectivity index (χ3n) is 8.26. The van der Waals surface area contributed by atoms with E-state index in [0.717, 1.165) is 65.9 Å². The number of amidine groups is 1. The Kier molecular flexibility index (Phi) is 13.8. The molecule has 47 heavy (non-hydrogen) atoms. The first-order chi connectivity index (χ1) is 22.9. The van der Waals surface area contributed by atoms with Crippen LogP contribution in [0.2, 0.25) is 0 Å². The van der Waals surface area contributed by atoms with Gasteiger partial charge in [-0.15, -0.1) is 0 Å². The van der Waals surface area contributed by atoms with Crippen LogP contribution in [-0.4, -0.2) is 43.6 Å². The number of carbonyl (C=O) groups excluding carboxylic acids is 3. The van der Waals surface area contributed by atoms with Crippen LogP contribution < -0.4 is 15.5 Å². The highest BCUT2D eigenvalue weighted by atomic mass is 16.5. The van der Waals surface area contributed by atoms with Crippen LogP contribution in [-0.2, 0) is 38.3 Å². The van der Waals surface area contributed by atoms with Crippen molar-refractivity contribution in [2.75, 3.05) is 30.0 Å². The number of benzene rings is 3. The van der Waals surface area contributed by atoms with Crippen molar-refractivity contribution in [1.82, 2.24) is 5.32 Å². The standard InChI is InChI=1S/C38H48N4O5/c1-3-5-6-7-8-11-25-47-38(45)41-37(39)29-19-16-28(17-20-29)18-23-35(43)42-24-12-14-31-26-32(21-22-34(31)42)40-33-15-10-9-13-30(33)27-36(44)46-4-2/h9-10,13,15-17,19-22,26,40H,3-8,11-12,14,18,23-25,27H2,1-2H3,(H2,39,41,45). The number of anilines is 3. The van der Waals surface area contributed by atoms with Gasteiger partial charge in [0, 0.05) is 35.6 Å². The van der Waals surface area contributed by atoms with Crippen molar-refractivity contribution < 1.29 is 23.9 Å². The van der Waals surface area contributed by atoms with Crippen LogP contribution in [0.3, 0.4) is 0 Å². The lowest BCUT2D eigenvalue weighted by Gasteiger charge is -2.30. The Morgan fingerprint density at radius 3 is 2.45 bits per heavy atom. The van der Waals surface area contributed by atoms with Gasteiger partial charge in [0.05, 0.1) is 19.6 Å². The summed E-state index contributed by atoms with van der Waals surface area (Å²) in [5, 5.41) is 14.2. The zero-order valence-electron chi connectivity index (χ0n) is 27.7. The summed E-state index contributed by atoms with van der Waals surface area (Å²) in [5.74, 6) is -0.204. The molecule has 0 spiro atoms. The zero-order valence-corrected chi connectivity index (χ0v) is 27.7. The van der Waals surface area contributed by atoms with Gasteiger partial charge in [0.1, 0.15) is 5.84 Å². The number of amides is 2. The summed E-state index contributed by atoms with van der Waals surface area (Å²) >= 11 is 0. The Hall–Kier alpha value is -4.66. The van der Waals surface area contributed by atoms with Crippen LogP contribution in [0.25, 0.3) is 0 Å². The van der Waals surface area contributed by atoms with E-state index in [2.05, 4.69) is 23.6 Å². The molecule has 0 atom stereocenters. The van der Waals surface area contributed by atoms with Crippen LogP contribution in [0.1, 0.15) is 87.5 Å². The van der Waals surface area contributed by atoms with Gasteiger partial charge in [-0.3, -0.25) is 20.3 Å². The van der Waals surface area contributed by atoms with Gasteiger partial charge in [-0.1, -0.05) is 81.5 Å². The molecule has 0 aliphatic carbocycles. The molecule has 3 N–H and O–H groups in total. The van der Waals surface area contributed by atoms with Gasteiger partial charge in [0.15, 0.2) is 0 Å². The molecule has 3 aromatic rings. The number of fused-ring (bicyclic) bond motifs is 1. The molecule has 2 amide bonds. The average molecular weight is 641 g/mol. The van der Waals surface area contributed by atoms with E-state index >= 15 is 0 Å². The normalized spacial score (nSPS) is 12.2. The van der Waals surface area contributed by atoms with E-state index in [4.69, 9.17) is 14.9 Å². The lowest BCUT2D eigenvalue weighted by Crippen LogP contribution is -2.35. The molecule has 9 heteroatoms. The number of alkyl carbamates (subject to hydrolysis) is 1. The molecule has 3 aromatic carbocycles. The number of esters is 1. The molecule has 0 saturated carbocycles. The number of hydrogen-bond donors (Lipinski definition) is 3. The Morgan fingerprint density at radius 2 is 1.66 bits per heavy atom. The smallest absolute Gasteiger partial charge is 0.412 e. The first-order valence-electron chi connectivity index (χ1n) is 16.9. The lowest BCUT2D eigenvalue weighted by molar-refractivity contribution is -0.142.